The molecule has 120 valence electrons. The zero-order chi connectivity index (χ0) is 16.7. The lowest BCUT2D eigenvalue weighted by Gasteiger charge is -2.07. The standard InChI is InChI=1S/C18H19NO3S/c1-13(20)15-4-3-5-16(10-15)19-18(21)12-23-11-14-6-8-17(22-2)9-7-14/h3-10H,11-12H2,1-2H3,(H,19,21). The fourth-order valence-electron chi connectivity index (χ4n) is 2.00. The molecule has 2 rings (SSSR count). The molecule has 1 amide bonds. The second-order valence-electron chi connectivity index (χ2n) is 5.03. The number of anilines is 1. The van der Waals surface area contributed by atoms with Crippen LogP contribution in [-0.4, -0.2) is 24.6 Å². The Labute approximate surface area is 140 Å². The molecule has 0 heterocycles. The number of nitrogens with one attached hydrogen (secondary N) is 1. The molecule has 0 aromatic heterocycles. The van der Waals surface area contributed by atoms with Crippen molar-refractivity contribution in [2.24, 2.45) is 0 Å². The van der Waals surface area contributed by atoms with Gasteiger partial charge in [-0.15, -0.1) is 11.8 Å². The summed E-state index contributed by atoms with van der Waals surface area (Å²) in [5.41, 5.74) is 2.38. The molecule has 0 unspecified atom stereocenters. The molecule has 0 saturated carbocycles. The second kappa shape index (κ2) is 8.39. The highest BCUT2D eigenvalue weighted by Crippen LogP contribution is 2.17. The quantitative estimate of drug-likeness (QED) is 0.786. The van der Waals surface area contributed by atoms with Crippen LogP contribution in [0.15, 0.2) is 48.5 Å². The minimum Gasteiger partial charge on any atom is -0.497 e. The summed E-state index contributed by atoms with van der Waals surface area (Å²) in [6.45, 7) is 1.51. The Morgan fingerprint density at radius 1 is 1.13 bits per heavy atom. The highest BCUT2D eigenvalue weighted by Gasteiger charge is 2.05. The lowest BCUT2D eigenvalue weighted by molar-refractivity contribution is -0.113. The number of methoxy groups -OCH3 is 1. The Morgan fingerprint density at radius 2 is 1.87 bits per heavy atom. The number of Topliss-reactive ketones (excluding diaryl/α,β-unsaturated/α-hetero) is 1. The fourth-order valence-corrected chi connectivity index (χ4v) is 2.78. The average Bonchev–Trinajstić information content (AvgIpc) is 2.55. The van der Waals surface area contributed by atoms with Gasteiger partial charge in [-0.1, -0.05) is 24.3 Å². The van der Waals surface area contributed by atoms with Crippen molar-refractivity contribution in [2.75, 3.05) is 18.2 Å². The monoisotopic (exact) mass is 329 g/mol. The molecule has 2 aromatic carbocycles. The maximum absolute atomic E-state index is 11.9. The van der Waals surface area contributed by atoms with Gasteiger partial charge in [0.1, 0.15) is 5.75 Å². The van der Waals surface area contributed by atoms with Crippen LogP contribution < -0.4 is 10.1 Å². The van der Waals surface area contributed by atoms with Gasteiger partial charge in [0.05, 0.1) is 12.9 Å². The Morgan fingerprint density at radius 3 is 2.52 bits per heavy atom. The Hall–Kier alpha value is -2.27. The summed E-state index contributed by atoms with van der Waals surface area (Å²) in [5, 5.41) is 2.81. The van der Waals surface area contributed by atoms with Gasteiger partial charge in [-0.3, -0.25) is 9.59 Å². The molecular formula is C18H19NO3S. The number of benzene rings is 2. The largest absolute Gasteiger partial charge is 0.497 e. The van der Waals surface area contributed by atoms with Crippen LogP contribution in [0.25, 0.3) is 0 Å². The molecule has 0 aliphatic rings. The third-order valence-corrected chi connectivity index (χ3v) is 4.22. The van der Waals surface area contributed by atoms with Gasteiger partial charge < -0.3 is 10.1 Å². The van der Waals surface area contributed by atoms with Crippen LogP contribution >= 0.6 is 11.8 Å². The van der Waals surface area contributed by atoms with Gasteiger partial charge in [-0.2, -0.15) is 0 Å². The van der Waals surface area contributed by atoms with E-state index in [2.05, 4.69) is 5.32 Å². The first-order valence-electron chi connectivity index (χ1n) is 7.20. The van der Waals surface area contributed by atoms with E-state index < -0.39 is 0 Å². The summed E-state index contributed by atoms with van der Waals surface area (Å²) in [7, 11) is 1.63. The minimum atomic E-state index is -0.0794. The van der Waals surface area contributed by atoms with Crippen molar-refractivity contribution in [3.05, 3.63) is 59.7 Å². The number of carbonyl (C=O) groups is 2. The summed E-state index contributed by atoms with van der Waals surface area (Å²) in [6.07, 6.45) is 0. The summed E-state index contributed by atoms with van der Waals surface area (Å²) in [4.78, 5) is 23.3. The highest BCUT2D eigenvalue weighted by atomic mass is 32.2. The van der Waals surface area contributed by atoms with Crippen molar-refractivity contribution < 1.29 is 14.3 Å². The predicted octanol–water partition coefficient (Wildman–Crippen LogP) is 3.77. The number of amides is 1. The lowest BCUT2D eigenvalue weighted by atomic mass is 10.1. The van der Waals surface area contributed by atoms with Crippen molar-refractivity contribution in [2.45, 2.75) is 12.7 Å². The average molecular weight is 329 g/mol. The van der Waals surface area contributed by atoms with E-state index >= 15 is 0 Å². The molecule has 0 radical (unpaired) electrons. The van der Waals surface area contributed by atoms with Crippen molar-refractivity contribution in [1.82, 2.24) is 0 Å². The molecule has 0 saturated heterocycles. The molecule has 23 heavy (non-hydrogen) atoms. The zero-order valence-electron chi connectivity index (χ0n) is 13.2. The first-order valence-corrected chi connectivity index (χ1v) is 8.35. The summed E-state index contributed by atoms with van der Waals surface area (Å²) >= 11 is 1.54. The van der Waals surface area contributed by atoms with E-state index in [1.807, 2.05) is 24.3 Å². The highest BCUT2D eigenvalue weighted by molar-refractivity contribution is 7.99. The SMILES string of the molecule is COc1ccc(CSCC(=O)Nc2cccc(C(C)=O)c2)cc1. The smallest absolute Gasteiger partial charge is 0.234 e. The van der Waals surface area contributed by atoms with Gasteiger partial charge in [-0.25, -0.2) is 0 Å². The minimum absolute atomic E-state index is 0.0185. The Balaban J connectivity index is 1.80. The maximum atomic E-state index is 11.9. The van der Waals surface area contributed by atoms with E-state index in [-0.39, 0.29) is 11.7 Å². The molecule has 4 nitrogen and oxygen atoms in total. The van der Waals surface area contributed by atoms with Gasteiger partial charge in [0.25, 0.3) is 0 Å². The van der Waals surface area contributed by atoms with Crippen molar-refractivity contribution in [3.8, 4) is 5.75 Å². The molecule has 0 spiro atoms. The first-order chi connectivity index (χ1) is 11.1. The fraction of sp³-hybridized carbons (Fsp3) is 0.222. The predicted molar refractivity (Wildman–Crippen MR) is 94.2 cm³/mol. The number of ether oxygens (including phenoxy) is 1. The zero-order valence-corrected chi connectivity index (χ0v) is 14.0. The van der Waals surface area contributed by atoms with Crippen LogP contribution in [0.5, 0.6) is 5.75 Å². The number of hydrogen-bond acceptors (Lipinski definition) is 4. The molecule has 0 aliphatic heterocycles. The molecule has 2 aromatic rings. The molecule has 0 bridgehead atoms. The summed E-state index contributed by atoms with van der Waals surface area (Å²) in [6, 6.07) is 14.7. The number of rotatable bonds is 7. The second-order valence-corrected chi connectivity index (χ2v) is 6.01. The summed E-state index contributed by atoms with van der Waals surface area (Å²) in [5.74, 6) is 1.84. The van der Waals surface area contributed by atoms with Crippen molar-refractivity contribution >= 4 is 29.1 Å². The lowest BCUT2D eigenvalue weighted by Crippen LogP contribution is -2.14. The van der Waals surface area contributed by atoms with Gasteiger partial charge in [0.2, 0.25) is 5.91 Å². The molecule has 5 heteroatoms. The maximum Gasteiger partial charge on any atom is 0.234 e. The van der Waals surface area contributed by atoms with Crippen LogP contribution in [0, 0.1) is 0 Å². The topological polar surface area (TPSA) is 55.4 Å². The number of carbonyl (C=O) groups excluding carboxylic acids is 2. The third kappa shape index (κ3) is 5.45. The van der Waals surface area contributed by atoms with Gasteiger partial charge in [-0.05, 0) is 36.8 Å². The van der Waals surface area contributed by atoms with E-state index in [1.54, 1.807) is 31.4 Å². The van der Waals surface area contributed by atoms with Gasteiger partial charge >= 0.3 is 0 Å². The van der Waals surface area contributed by atoms with Crippen LogP contribution in [0.1, 0.15) is 22.8 Å². The Kier molecular flexibility index (Phi) is 6.23. The van der Waals surface area contributed by atoms with Gasteiger partial charge in [0.15, 0.2) is 5.78 Å². The van der Waals surface area contributed by atoms with Crippen LogP contribution in [0.2, 0.25) is 0 Å². The van der Waals surface area contributed by atoms with Crippen LogP contribution in [0.4, 0.5) is 5.69 Å². The van der Waals surface area contributed by atoms with Crippen LogP contribution in [0.3, 0.4) is 0 Å². The van der Waals surface area contributed by atoms with Crippen molar-refractivity contribution in [1.29, 1.82) is 0 Å². The van der Waals surface area contributed by atoms with E-state index in [4.69, 9.17) is 4.74 Å². The van der Waals surface area contributed by atoms with E-state index in [9.17, 15) is 9.59 Å². The number of hydrogen-bond donors (Lipinski definition) is 1. The molecule has 1 N–H and O–H groups in total. The van der Waals surface area contributed by atoms with E-state index in [0.29, 0.717) is 17.0 Å². The van der Waals surface area contributed by atoms with Crippen LogP contribution in [-0.2, 0) is 10.5 Å². The van der Waals surface area contributed by atoms with Gasteiger partial charge in [0, 0.05) is 17.0 Å². The number of thioether (sulfide) groups is 1. The van der Waals surface area contributed by atoms with E-state index in [1.165, 1.54) is 18.7 Å². The van der Waals surface area contributed by atoms with Crippen molar-refractivity contribution in [3.63, 3.8) is 0 Å². The normalized spacial score (nSPS) is 10.2. The summed E-state index contributed by atoms with van der Waals surface area (Å²) < 4.78 is 5.11. The third-order valence-electron chi connectivity index (χ3n) is 3.21. The van der Waals surface area contributed by atoms with E-state index in [0.717, 1.165) is 17.1 Å². The number of ketones is 1. The molecule has 0 fully saturated rings. The Bertz CT molecular complexity index is 683. The first kappa shape index (κ1) is 17.1. The molecular weight excluding hydrogens is 310 g/mol. The molecule has 0 aliphatic carbocycles. The molecule has 0 atom stereocenters.